The lowest BCUT2D eigenvalue weighted by Gasteiger charge is -2.13. The number of methoxy groups -OCH3 is 3. The van der Waals surface area contributed by atoms with Crippen LogP contribution in [-0.2, 0) is 4.79 Å². The van der Waals surface area contributed by atoms with Gasteiger partial charge in [-0.15, -0.1) is 0 Å². The monoisotopic (exact) mass is 487 g/mol. The minimum absolute atomic E-state index is 0.0691. The number of hydrogen-bond acceptors (Lipinski definition) is 9. The minimum atomic E-state index is -0.674. The molecule has 1 saturated heterocycles. The second-order valence-corrected chi connectivity index (χ2v) is 7.82. The first-order chi connectivity index (χ1) is 16.3. The summed E-state index contributed by atoms with van der Waals surface area (Å²) in [6.45, 7) is -0.163. The van der Waals surface area contributed by atoms with Crippen LogP contribution in [0.1, 0.15) is 15.9 Å². The first-order valence-corrected chi connectivity index (χ1v) is 10.7. The zero-order chi connectivity index (χ0) is 24.8. The molecule has 2 aromatic rings. The predicted molar refractivity (Wildman–Crippen MR) is 124 cm³/mol. The number of nitrogens with one attached hydrogen (secondary N) is 1. The summed E-state index contributed by atoms with van der Waals surface area (Å²) in [5, 5.41) is 13.1. The van der Waals surface area contributed by atoms with E-state index in [9.17, 15) is 24.5 Å². The van der Waals surface area contributed by atoms with Crippen LogP contribution in [0.2, 0.25) is 0 Å². The Balaban J connectivity index is 1.70. The van der Waals surface area contributed by atoms with Crippen LogP contribution < -0.4 is 19.5 Å². The molecule has 1 heterocycles. The highest BCUT2D eigenvalue weighted by Gasteiger charge is 2.35. The third-order valence-corrected chi connectivity index (χ3v) is 5.73. The second kappa shape index (κ2) is 10.7. The molecule has 2 aromatic carbocycles. The number of nitrogens with zero attached hydrogens (tertiary/aromatic N) is 2. The van der Waals surface area contributed by atoms with Crippen molar-refractivity contribution in [3.8, 4) is 17.2 Å². The summed E-state index contributed by atoms with van der Waals surface area (Å²) in [7, 11) is 4.40. The van der Waals surface area contributed by atoms with Crippen LogP contribution in [0.4, 0.5) is 10.5 Å². The van der Waals surface area contributed by atoms with Gasteiger partial charge >= 0.3 is 0 Å². The molecule has 11 nitrogen and oxygen atoms in total. The quantitative estimate of drug-likeness (QED) is 0.321. The number of thioether (sulfide) groups is 1. The Kier molecular flexibility index (Phi) is 7.74. The fourth-order valence-corrected chi connectivity index (χ4v) is 4.10. The maximum atomic E-state index is 12.8. The van der Waals surface area contributed by atoms with Crippen molar-refractivity contribution in [3.05, 3.63) is 62.5 Å². The number of para-hydroxylation sites is 1. The Morgan fingerprint density at radius 1 is 1.12 bits per heavy atom. The molecule has 34 heavy (non-hydrogen) atoms. The number of carbonyl (C=O) groups excluding carboxylic acids is 3. The second-order valence-electron chi connectivity index (χ2n) is 6.82. The largest absolute Gasteiger partial charge is 0.493 e. The summed E-state index contributed by atoms with van der Waals surface area (Å²) in [5.74, 6) is -0.0179. The topological polar surface area (TPSA) is 137 Å². The molecule has 0 bridgehead atoms. The number of carbonyl (C=O) groups is 3. The molecule has 0 spiro atoms. The van der Waals surface area contributed by atoms with Crippen LogP contribution in [0, 0.1) is 10.1 Å². The molecule has 1 aliphatic heterocycles. The number of amides is 3. The zero-order valence-electron chi connectivity index (χ0n) is 18.5. The number of nitro benzene ring substituents is 1. The van der Waals surface area contributed by atoms with E-state index in [1.165, 1.54) is 51.7 Å². The zero-order valence-corrected chi connectivity index (χ0v) is 19.3. The van der Waals surface area contributed by atoms with Gasteiger partial charge in [0.1, 0.15) is 5.56 Å². The molecule has 3 amide bonds. The highest BCUT2D eigenvalue weighted by molar-refractivity contribution is 8.18. The smallest absolute Gasteiger partial charge is 0.293 e. The third-order valence-electron chi connectivity index (χ3n) is 4.82. The van der Waals surface area contributed by atoms with Gasteiger partial charge in [-0.1, -0.05) is 12.1 Å². The number of ether oxygens (including phenoxy) is 3. The van der Waals surface area contributed by atoms with Crippen molar-refractivity contribution in [2.45, 2.75) is 0 Å². The fourth-order valence-electron chi connectivity index (χ4n) is 3.23. The van der Waals surface area contributed by atoms with Gasteiger partial charge in [0.25, 0.3) is 22.7 Å². The lowest BCUT2D eigenvalue weighted by atomic mass is 10.1. The number of benzene rings is 2. The van der Waals surface area contributed by atoms with Gasteiger partial charge in [-0.05, 0) is 41.6 Å². The standard InChI is InChI=1S/C22H21N3O8S/c1-31-16-10-13(11-17(32-2)19(16)33-3)12-18-21(27)24(22(28)34-18)9-8-23-20(26)14-6-4-5-7-15(14)25(29)30/h4-7,10-12H,8-9H2,1-3H3,(H,23,26)/b18-12-. The average molecular weight is 487 g/mol. The van der Waals surface area contributed by atoms with Gasteiger partial charge in [0.15, 0.2) is 11.5 Å². The average Bonchev–Trinajstić information content (AvgIpc) is 3.10. The molecule has 1 N–H and O–H groups in total. The molecular weight excluding hydrogens is 466 g/mol. The van der Waals surface area contributed by atoms with Crippen molar-refractivity contribution in [2.75, 3.05) is 34.4 Å². The summed E-state index contributed by atoms with van der Waals surface area (Å²) in [6.07, 6.45) is 1.53. The minimum Gasteiger partial charge on any atom is -0.493 e. The highest BCUT2D eigenvalue weighted by atomic mass is 32.2. The van der Waals surface area contributed by atoms with E-state index in [4.69, 9.17) is 14.2 Å². The molecule has 0 aliphatic carbocycles. The van der Waals surface area contributed by atoms with Gasteiger partial charge in [0.2, 0.25) is 5.75 Å². The summed E-state index contributed by atoms with van der Waals surface area (Å²) < 4.78 is 15.9. The van der Waals surface area contributed by atoms with Crippen molar-refractivity contribution < 1.29 is 33.5 Å². The molecule has 0 saturated carbocycles. The lowest BCUT2D eigenvalue weighted by Crippen LogP contribution is -2.37. The van der Waals surface area contributed by atoms with Crippen LogP contribution >= 0.6 is 11.8 Å². The van der Waals surface area contributed by atoms with Crippen molar-refractivity contribution in [2.24, 2.45) is 0 Å². The number of imide groups is 1. The van der Waals surface area contributed by atoms with E-state index in [-0.39, 0.29) is 29.2 Å². The van der Waals surface area contributed by atoms with E-state index in [1.807, 2.05) is 0 Å². The van der Waals surface area contributed by atoms with E-state index < -0.39 is 22.0 Å². The van der Waals surface area contributed by atoms with Gasteiger partial charge in [-0.3, -0.25) is 29.4 Å². The van der Waals surface area contributed by atoms with Crippen LogP contribution in [-0.4, -0.2) is 61.3 Å². The van der Waals surface area contributed by atoms with Crippen LogP contribution in [0.25, 0.3) is 6.08 Å². The Morgan fingerprint density at radius 2 is 1.76 bits per heavy atom. The van der Waals surface area contributed by atoms with Crippen LogP contribution in [0.15, 0.2) is 41.3 Å². The molecule has 0 aromatic heterocycles. The molecular formula is C22H21N3O8S. The molecule has 178 valence electrons. The highest BCUT2D eigenvalue weighted by Crippen LogP contribution is 2.40. The number of rotatable bonds is 9. The first kappa shape index (κ1) is 24.6. The first-order valence-electron chi connectivity index (χ1n) is 9.87. The number of hydrogen-bond donors (Lipinski definition) is 1. The fraction of sp³-hybridized carbons (Fsp3) is 0.227. The maximum Gasteiger partial charge on any atom is 0.293 e. The predicted octanol–water partition coefficient (Wildman–Crippen LogP) is 3.09. The molecule has 0 atom stereocenters. The molecule has 12 heteroatoms. The van der Waals surface area contributed by atoms with Gasteiger partial charge in [0, 0.05) is 19.2 Å². The summed E-state index contributed by atoms with van der Waals surface area (Å²) in [5.41, 5.74) is 0.119. The van der Waals surface area contributed by atoms with E-state index in [2.05, 4.69) is 5.32 Å². The van der Waals surface area contributed by atoms with E-state index >= 15 is 0 Å². The Hall–Kier alpha value is -4.06. The van der Waals surface area contributed by atoms with Crippen molar-refractivity contribution >= 4 is 40.6 Å². The van der Waals surface area contributed by atoms with Crippen molar-refractivity contribution in [1.82, 2.24) is 10.2 Å². The normalized spacial score (nSPS) is 14.3. The molecule has 0 radical (unpaired) electrons. The summed E-state index contributed by atoms with van der Waals surface area (Å²) in [6, 6.07) is 8.79. The van der Waals surface area contributed by atoms with E-state index in [1.54, 1.807) is 12.1 Å². The summed E-state index contributed by atoms with van der Waals surface area (Å²) in [4.78, 5) is 49.1. The van der Waals surface area contributed by atoms with E-state index in [0.29, 0.717) is 22.8 Å². The molecule has 3 rings (SSSR count). The van der Waals surface area contributed by atoms with E-state index in [0.717, 1.165) is 16.7 Å². The SMILES string of the molecule is COc1cc(/C=C2\SC(=O)N(CCNC(=O)c3ccccc3[N+](=O)[O-])C2=O)cc(OC)c1OC. The van der Waals surface area contributed by atoms with Gasteiger partial charge in [-0.25, -0.2) is 0 Å². The molecule has 0 unspecified atom stereocenters. The van der Waals surface area contributed by atoms with Crippen molar-refractivity contribution in [3.63, 3.8) is 0 Å². The third kappa shape index (κ3) is 5.12. The summed E-state index contributed by atoms with van der Waals surface area (Å²) >= 11 is 0.759. The maximum absolute atomic E-state index is 12.8. The van der Waals surface area contributed by atoms with Crippen LogP contribution in [0.5, 0.6) is 17.2 Å². The van der Waals surface area contributed by atoms with Crippen molar-refractivity contribution in [1.29, 1.82) is 0 Å². The Morgan fingerprint density at radius 3 is 2.35 bits per heavy atom. The van der Waals surface area contributed by atoms with Gasteiger partial charge in [-0.2, -0.15) is 0 Å². The molecule has 1 aliphatic rings. The number of nitro groups is 1. The van der Waals surface area contributed by atoms with Gasteiger partial charge in [0.05, 0.1) is 31.2 Å². The molecule has 1 fully saturated rings. The van der Waals surface area contributed by atoms with Crippen LogP contribution in [0.3, 0.4) is 0 Å². The lowest BCUT2D eigenvalue weighted by molar-refractivity contribution is -0.385. The Bertz CT molecular complexity index is 1160. The van der Waals surface area contributed by atoms with Gasteiger partial charge < -0.3 is 19.5 Å². The Labute approximate surface area is 198 Å².